The largest absolute Gasteiger partial charge is 0.351 e. The highest BCUT2D eigenvalue weighted by atomic mass is 35.5. The lowest BCUT2D eigenvalue weighted by molar-refractivity contribution is -0.134. The van der Waals surface area contributed by atoms with Crippen LogP contribution >= 0.6 is 23.2 Å². The number of rotatable bonds is 5. The quantitative estimate of drug-likeness (QED) is 0.531. The first-order valence-electron chi connectivity index (χ1n) is 10.5. The van der Waals surface area contributed by atoms with Crippen molar-refractivity contribution < 1.29 is 14.4 Å². The number of nitrogens with zero attached hydrogens (tertiary/aromatic N) is 2. The first kappa shape index (κ1) is 23.1. The van der Waals surface area contributed by atoms with Crippen LogP contribution in [0.1, 0.15) is 49.3 Å². The molecule has 1 aliphatic rings. The summed E-state index contributed by atoms with van der Waals surface area (Å²) in [6, 6.07) is 8.96. The summed E-state index contributed by atoms with van der Waals surface area (Å²) in [5, 5.41) is 5.91. The van der Waals surface area contributed by atoms with Gasteiger partial charge in [0.15, 0.2) is 0 Å². The first-order valence-corrected chi connectivity index (χ1v) is 11.2. The number of carbonyl (C=O) groups is 3. The molecule has 4 rings (SSSR count). The molecule has 3 aromatic rings. The Morgan fingerprint density at radius 3 is 2.42 bits per heavy atom. The number of hydrogen-bond donors (Lipinski definition) is 2. The summed E-state index contributed by atoms with van der Waals surface area (Å²) < 4.78 is 0. The summed E-state index contributed by atoms with van der Waals surface area (Å²) in [6.07, 6.45) is 3.83. The Kier molecular flexibility index (Phi) is 6.36. The normalized spacial score (nSPS) is 16.5. The van der Waals surface area contributed by atoms with Crippen molar-refractivity contribution in [2.24, 2.45) is 0 Å². The highest BCUT2D eigenvalue weighted by molar-refractivity contribution is 6.36. The van der Waals surface area contributed by atoms with Crippen molar-refractivity contribution in [1.82, 2.24) is 20.6 Å². The van der Waals surface area contributed by atoms with E-state index in [9.17, 15) is 14.4 Å². The van der Waals surface area contributed by atoms with Crippen molar-refractivity contribution in [2.75, 3.05) is 0 Å². The Morgan fingerprint density at radius 2 is 1.76 bits per heavy atom. The van der Waals surface area contributed by atoms with Gasteiger partial charge in [-0.3, -0.25) is 29.7 Å². The summed E-state index contributed by atoms with van der Waals surface area (Å²) in [5.41, 5.74) is 2.69. The molecule has 2 N–H and O–H groups in total. The van der Waals surface area contributed by atoms with Gasteiger partial charge in [-0.2, -0.15) is 0 Å². The molecule has 0 spiro atoms. The Hall–Kier alpha value is -3.03. The lowest BCUT2D eigenvalue weighted by Gasteiger charge is -2.25. The molecule has 33 heavy (non-hydrogen) atoms. The second-order valence-electron chi connectivity index (χ2n) is 8.54. The van der Waals surface area contributed by atoms with Crippen LogP contribution in [-0.2, 0) is 26.3 Å². The maximum Gasteiger partial charge on any atom is 0.234 e. The fourth-order valence-electron chi connectivity index (χ4n) is 3.93. The van der Waals surface area contributed by atoms with Gasteiger partial charge in [-0.05, 0) is 55.7 Å². The number of benzene rings is 2. The molecule has 170 valence electrons. The number of imide groups is 1. The average Bonchev–Trinajstić information content (AvgIpc) is 2.78. The van der Waals surface area contributed by atoms with Crippen LogP contribution in [0.5, 0.6) is 0 Å². The summed E-state index contributed by atoms with van der Waals surface area (Å²) in [4.78, 5) is 45.3. The molecular formula is C24H22Cl2N4O3. The van der Waals surface area contributed by atoms with Gasteiger partial charge in [-0.25, -0.2) is 0 Å². The SMILES string of the molecule is CC(C)(C(=O)NCc1cc(Cl)c(C2CCC(=O)NC2=O)c(Cl)c1)c1ccc2nccnc2c1. The highest BCUT2D eigenvalue weighted by Crippen LogP contribution is 2.37. The Balaban J connectivity index is 1.49. The van der Waals surface area contributed by atoms with Crippen LogP contribution in [0.25, 0.3) is 11.0 Å². The summed E-state index contributed by atoms with van der Waals surface area (Å²) in [6.45, 7) is 3.89. The van der Waals surface area contributed by atoms with Gasteiger partial charge in [0.2, 0.25) is 17.7 Å². The molecule has 9 heteroatoms. The van der Waals surface area contributed by atoms with Crippen LogP contribution in [0, 0.1) is 0 Å². The highest BCUT2D eigenvalue weighted by Gasteiger charge is 2.32. The van der Waals surface area contributed by atoms with Crippen molar-refractivity contribution in [3.8, 4) is 0 Å². The lowest BCUT2D eigenvalue weighted by atomic mass is 9.83. The van der Waals surface area contributed by atoms with Gasteiger partial charge in [-0.1, -0.05) is 29.3 Å². The van der Waals surface area contributed by atoms with E-state index in [0.717, 1.165) is 16.6 Å². The van der Waals surface area contributed by atoms with Gasteiger partial charge in [0, 0.05) is 41.0 Å². The number of hydrogen-bond acceptors (Lipinski definition) is 5. The van der Waals surface area contributed by atoms with Gasteiger partial charge < -0.3 is 5.32 Å². The van der Waals surface area contributed by atoms with Crippen molar-refractivity contribution in [1.29, 1.82) is 0 Å². The van der Waals surface area contributed by atoms with Crippen LogP contribution in [0.3, 0.4) is 0 Å². The van der Waals surface area contributed by atoms with E-state index in [1.807, 2.05) is 32.0 Å². The molecule has 3 amide bonds. The van der Waals surface area contributed by atoms with Gasteiger partial charge in [0.05, 0.1) is 22.4 Å². The van der Waals surface area contributed by atoms with Crippen LogP contribution in [0.2, 0.25) is 10.0 Å². The maximum absolute atomic E-state index is 13.0. The van der Waals surface area contributed by atoms with Crippen LogP contribution in [0.15, 0.2) is 42.7 Å². The summed E-state index contributed by atoms with van der Waals surface area (Å²) in [5.74, 6) is -1.46. The predicted octanol–water partition coefficient (Wildman–Crippen LogP) is 4.05. The third-order valence-electron chi connectivity index (χ3n) is 5.94. The molecule has 0 saturated carbocycles. The smallest absolute Gasteiger partial charge is 0.234 e. The van der Waals surface area contributed by atoms with E-state index >= 15 is 0 Å². The molecule has 0 bridgehead atoms. The zero-order valence-corrected chi connectivity index (χ0v) is 19.6. The number of halogens is 2. The molecule has 7 nitrogen and oxygen atoms in total. The minimum atomic E-state index is -0.814. The summed E-state index contributed by atoms with van der Waals surface area (Å²) >= 11 is 12.9. The van der Waals surface area contributed by atoms with E-state index in [1.54, 1.807) is 24.5 Å². The van der Waals surface area contributed by atoms with Gasteiger partial charge in [0.1, 0.15) is 0 Å². The molecule has 1 unspecified atom stereocenters. The number of amides is 3. The van der Waals surface area contributed by atoms with Gasteiger partial charge in [-0.15, -0.1) is 0 Å². The number of fused-ring (bicyclic) bond motifs is 1. The molecule has 0 radical (unpaired) electrons. The van der Waals surface area contributed by atoms with Crippen molar-refractivity contribution >= 4 is 52.0 Å². The van der Waals surface area contributed by atoms with Crippen molar-refractivity contribution in [3.63, 3.8) is 0 Å². The predicted molar refractivity (Wildman–Crippen MR) is 126 cm³/mol. The molecule has 1 atom stereocenters. The van der Waals surface area contributed by atoms with Crippen molar-refractivity contribution in [2.45, 2.75) is 44.6 Å². The Bertz CT molecular complexity index is 1250. The third-order valence-corrected chi connectivity index (χ3v) is 6.56. The third kappa shape index (κ3) is 4.70. The first-order chi connectivity index (χ1) is 15.7. The standard InChI is InChI=1S/C24H22Cl2N4O3/c1-24(2,14-3-5-18-19(11-14)28-8-7-27-18)23(33)29-12-13-9-16(25)21(17(26)10-13)15-4-6-20(31)30-22(15)32/h3,5,7-11,15H,4,6,12H2,1-2H3,(H,29,33)(H,30,31,32). The molecule has 2 aromatic carbocycles. The maximum atomic E-state index is 13.0. The second-order valence-corrected chi connectivity index (χ2v) is 9.36. The number of carbonyl (C=O) groups excluding carboxylic acids is 3. The fourth-order valence-corrected chi connectivity index (χ4v) is 4.72. The molecular weight excluding hydrogens is 463 g/mol. The van der Waals surface area contributed by atoms with Crippen LogP contribution < -0.4 is 10.6 Å². The summed E-state index contributed by atoms with van der Waals surface area (Å²) in [7, 11) is 0. The zero-order chi connectivity index (χ0) is 23.8. The average molecular weight is 485 g/mol. The van der Waals surface area contributed by atoms with E-state index in [1.165, 1.54) is 0 Å². The Labute approximate surface area is 200 Å². The molecule has 1 fully saturated rings. The van der Waals surface area contributed by atoms with Gasteiger partial charge in [0.25, 0.3) is 0 Å². The topological polar surface area (TPSA) is 101 Å². The van der Waals surface area contributed by atoms with E-state index in [2.05, 4.69) is 20.6 Å². The molecule has 1 saturated heterocycles. The lowest BCUT2D eigenvalue weighted by Crippen LogP contribution is -2.40. The van der Waals surface area contributed by atoms with E-state index in [-0.39, 0.29) is 24.8 Å². The van der Waals surface area contributed by atoms with E-state index in [4.69, 9.17) is 23.2 Å². The minimum absolute atomic E-state index is 0.174. The second kappa shape index (κ2) is 9.08. The molecule has 1 aromatic heterocycles. The monoisotopic (exact) mass is 484 g/mol. The van der Waals surface area contributed by atoms with Crippen LogP contribution in [0.4, 0.5) is 0 Å². The van der Waals surface area contributed by atoms with E-state index in [0.29, 0.717) is 27.6 Å². The molecule has 1 aliphatic heterocycles. The number of nitrogens with one attached hydrogen (secondary N) is 2. The molecule has 0 aliphatic carbocycles. The number of aromatic nitrogens is 2. The Morgan fingerprint density at radius 1 is 1.09 bits per heavy atom. The fraction of sp³-hybridized carbons (Fsp3) is 0.292. The van der Waals surface area contributed by atoms with Gasteiger partial charge >= 0.3 is 0 Å². The molecule has 2 heterocycles. The van der Waals surface area contributed by atoms with Crippen molar-refractivity contribution in [3.05, 3.63) is 69.5 Å². The van der Waals surface area contributed by atoms with E-state index < -0.39 is 17.2 Å². The zero-order valence-electron chi connectivity index (χ0n) is 18.1. The number of piperidine rings is 1. The van der Waals surface area contributed by atoms with Crippen LogP contribution in [-0.4, -0.2) is 27.7 Å². The minimum Gasteiger partial charge on any atom is -0.351 e.